The number of nitrogens with one attached hydrogen (secondary N) is 2. The monoisotopic (exact) mass is 296 g/mol. The second kappa shape index (κ2) is 6.37. The number of terminal acetylenes is 2. The van der Waals surface area contributed by atoms with E-state index in [4.69, 9.17) is 12.8 Å². The number of amides is 2. The van der Waals surface area contributed by atoms with Gasteiger partial charge in [0.15, 0.2) is 0 Å². The van der Waals surface area contributed by atoms with Crippen molar-refractivity contribution in [2.45, 2.75) is 38.8 Å². The van der Waals surface area contributed by atoms with Gasteiger partial charge >= 0.3 is 0 Å². The molecule has 1 rings (SSSR count). The lowest BCUT2D eigenvalue weighted by molar-refractivity contribution is 0.0917. The van der Waals surface area contributed by atoms with Crippen molar-refractivity contribution in [2.75, 3.05) is 0 Å². The van der Waals surface area contributed by atoms with E-state index in [1.165, 1.54) is 0 Å². The van der Waals surface area contributed by atoms with Gasteiger partial charge in [0.05, 0.1) is 11.1 Å². The van der Waals surface area contributed by atoms with Crippen LogP contribution in [0.15, 0.2) is 24.3 Å². The highest BCUT2D eigenvalue weighted by Gasteiger charge is 2.20. The van der Waals surface area contributed by atoms with Gasteiger partial charge < -0.3 is 10.6 Å². The molecule has 4 nitrogen and oxygen atoms in total. The molecule has 0 atom stereocenters. The molecule has 0 saturated heterocycles. The molecule has 4 heteroatoms. The SMILES string of the molecule is C#CC(C)(C)NC(=O)c1ccc(C(=O)NC(C)(C)C#C)cc1. The highest BCUT2D eigenvalue weighted by atomic mass is 16.2. The molecule has 0 heterocycles. The van der Waals surface area contributed by atoms with E-state index in [1.54, 1.807) is 52.0 Å². The summed E-state index contributed by atoms with van der Waals surface area (Å²) in [7, 11) is 0. The maximum atomic E-state index is 12.0. The molecule has 0 aliphatic heterocycles. The molecule has 0 unspecified atom stereocenters. The predicted octanol–water partition coefficient (Wildman–Crippen LogP) is 1.97. The Morgan fingerprint density at radius 1 is 0.818 bits per heavy atom. The van der Waals surface area contributed by atoms with Crippen molar-refractivity contribution in [3.63, 3.8) is 0 Å². The van der Waals surface area contributed by atoms with Gasteiger partial charge in [-0.1, -0.05) is 11.8 Å². The van der Waals surface area contributed by atoms with Crippen molar-refractivity contribution in [2.24, 2.45) is 0 Å². The van der Waals surface area contributed by atoms with E-state index >= 15 is 0 Å². The molecule has 0 saturated carbocycles. The standard InChI is InChI=1S/C18H20N2O2/c1-7-17(3,4)19-15(21)13-9-11-14(12-10-13)16(22)20-18(5,6)8-2/h1-2,9-12H,3-6H3,(H,19,21)(H,20,22). The van der Waals surface area contributed by atoms with Gasteiger partial charge in [-0.2, -0.15) is 0 Å². The van der Waals surface area contributed by atoms with Crippen LogP contribution in [0.1, 0.15) is 48.4 Å². The van der Waals surface area contributed by atoms with Crippen molar-refractivity contribution >= 4 is 11.8 Å². The summed E-state index contributed by atoms with van der Waals surface area (Å²) in [5, 5.41) is 5.43. The number of benzene rings is 1. The van der Waals surface area contributed by atoms with Crippen LogP contribution in [0.3, 0.4) is 0 Å². The van der Waals surface area contributed by atoms with E-state index in [0.717, 1.165) is 0 Å². The summed E-state index contributed by atoms with van der Waals surface area (Å²) in [6, 6.07) is 6.28. The zero-order valence-electron chi connectivity index (χ0n) is 13.3. The molecular weight excluding hydrogens is 276 g/mol. The lowest BCUT2D eigenvalue weighted by Crippen LogP contribution is -2.42. The van der Waals surface area contributed by atoms with Gasteiger partial charge in [0, 0.05) is 11.1 Å². The Bertz CT molecular complexity index is 597. The fourth-order valence-electron chi connectivity index (χ4n) is 1.56. The van der Waals surface area contributed by atoms with Gasteiger partial charge in [0.1, 0.15) is 0 Å². The Labute approximate surface area is 131 Å². The molecule has 22 heavy (non-hydrogen) atoms. The van der Waals surface area contributed by atoms with Crippen LogP contribution in [0.4, 0.5) is 0 Å². The van der Waals surface area contributed by atoms with Crippen LogP contribution in [0.2, 0.25) is 0 Å². The molecule has 0 spiro atoms. The molecule has 0 fully saturated rings. The molecule has 2 N–H and O–H groups in total. The van der Waals surface area contributed by atoms with E-state index in [0.29, 0.717) is 11.1 Å². The zero-order valence-corrected chi connectivity index (χ0v) is 13.3. The molecule has 0 radical (unpaired) electrons. The normalized spacial score (nSPS) is 11.0. The minimum absolute atomic E-state index is 0.293. The summed E-state index contributed by atoms with van der Waals surface area (Å²) in [6.07, 6.45) is 10.7. The summed E-state index contributed by atoms with van der Waals surface area (Å²) in [4.78, 5) is 24.1. The quantitative estimate of drug-likeness (QED) is 0.835. The van der Waals surface area contributed by atoms with Crippen molar-refractivity contribution in [3.05, 3.63) is 35.4 Å². The van der Waals surface area contributed by atoms with Crippen LogP contribution in [-0.4, -0.2) is 22.9 Å². The second-order valence-corrected chi connectivity index (χ2v) is 6.02. The second-order valence-electron chi connectivity index (χ2n) is 6.02. The molecular formula is C18H20N2O2. The summed E-state index contributed by atoms with van der Waals surface area (Å²) in [5.41, 5.74) is -0.611. The maximum Gasteiger partial charge on any atom is 0.252 e. The van der Waals surface area contributed by atoms with Gasteiger partial charge in [-0.3, -0.25) is 9.59 Å². The molecule has 0 aliphatic carbocycles. The minimum Gasteiger partial charge on any atom is -0.336 e. The van der Waals surface area contributed by atoms with Crippen LogP contribution in [-0.2, 0) is 0 Å². The van der Waals surface area contributed by atoms with E-state index in [-0.39, 0.29) is 11.8 Å². The fourth-order valence-corrected chi connectivity index (χ4v) is 1.56. The van der Waals surface area contributed by atoms with Gasteiger partial charge in [0.25, 0.3) is 11.8 Å². The highest BCUT2D eigenvalue weighted by molar-refractivity contribution is 5.98. The molecule has 0 aliphatic rings. The van der Waals surface area contributed by atoms with Gasteiger partial charge in [0.2, 0.25) is 0 Å². The third-order valence-corrected chi connectivity index (χ3v) is 2.98. The van der Waals surface area contributed by atoms with E-state index in [2.05, 4.69) is 22.5 Å². The van der Waals surface area contributed by atoms with Crippen molar-refractivity contribution in [1.29, 1.82) is 0 Å². The van der Waals surface area contributed by atoms with Crippen LogP contribution in [0, 0.1) is 24.7 Å². The maximum absolute atomic E-state index is 12.0. The third kappa shape index (κ3) is 4.68. The number of carbonyl (C=O) groups excluding carboxylic acids is 2. The Kier molecular flexibility index (Phi) is 5.02. The first-order valence-electron chi connectivity index (χ1n) is 6.81. The Hall–Kier alpha value is -2.72. The van der Waals surface area contributed by atoms with Gasteiger partial charge in [-0.15, -0.1) is 12.8 Å². The number of hydrogen-bond acceptors (Lipinski definition) is 2. The molecule has 0 aromatic heterocycles. The average molecular weight is 296 g/mol. The first kappa shape index (κ1) is 17.3. The minimum atomic E-state index is -0.732. The number of carbonyl (C=O) groups is 2. The Morgan fingerprint density at radius 3 is 1.32 bits per heavy atom. The zero-order chi connectivity index (χ0) is 17.0. The predicted molar refractivity (Wildman–Crippen MR) is 87.2 cm³/mol. The summed E-state index contributed by atoms with van der Waals surface area (Å²) < 4.78 is 0. The van der Waals surface area contributed by atoms with Crippen LogP contribution in [0.5, 0.6) is 0 Å². The van der Waals surface area contributed by atoms with E-state index in [9.17, 15) is 9.59 Å². The van der Waals surface area contributed by atoms with E-state index in [1.807, 2.05) is 0 Å². The summed E-state index contributed by atoms with van der Waals surface area (Å²) in [6.45, 7) is 6.92. The largest absolute Gasteiger partial charge is 0.336 e. The van der Waals surface area contributed by atoms with Crippen molar-refractivity contribution < 1.29 is 9.59 Å². The van der Waals surface area contributed by atoms with Crippen LogP contribution in [0.25, 0.3) is 0 Å². The molecule has 114 valence electrons. The first-order chi connectivity index (χ1) is 10.1. The van der Waals surface area contributed by atoms with Gasteiger partial charge in [-0.25, -0.2) is 0 Å². The summed E-state index contributed by atoms with van der Waals surface area (Å²) >= 11 is 0. The molecule has 1 aromatic rings. The number of hydrogen-bond donors (Lipinski definition) is 2. The van der Waals surface area contributed by atoms with Crippen molar-refractivity contribution in [3.8, 4) is 24.7 Å². The highest BCUT2D eigenvalue weighted by Crippen LogP contribution is 2.09. The lowest BCUT2D eigenvalue weighted by Gasteiger charge is -2.20. The lowest BCUT2D eigenvalue weighted by atomic mass is 10.0. The van der Waals surface area contributed by atoms with Crippen molar-refractivity contribution in [1.82, 2.24) is 10.6 Å². The van der Waals surface area contributed by atoms with Gasteiger partial charge in [-0.05, 0) is 52.0 Å². The van der Waals surface area contributed by atoms with E-state index < -0.39 is 11.1 Å². The average Bonchev–Trinajstić information content (AvgIpc) is 2.46. The smallest absolute Gasteiger partial charge is 0.252 e. The number of rotatable bonds is 4. The topological polar surface area (TPSA) is 58.2 Å². The molecule has 0 bridgehead atoms. The molecule has 1 aromatic carbocycles. The Balaban J connectivity index is 2.84. The Morgan fingerprint density at radius 2 is 1.09 bits per heavy atom. The summed E-state index contributed by atoms with van der Waals surface area (Å²) in [5.74, 6) is 4.39. The fraction of sp³-hybridized carbons (Fsp3) is 0.333. The van der Waals surface area contributed by atoms with Crippen LogP contribution < -0.4 is 10.6 Å². The third-order valence-electron chi connectivity index (χ3n) is 2.98. The first-order valence-corrected chi connectivity index (χ1v) is 6.81. The molecule has 2 amide bonds. The van der Waals surface area contributed by atoms with Crippen LogP contribution >= 0.6 is 0 Å².